The Labute approximate surface area is 155 Å². The first-order chi connectivity index (χ1) is 12.9. The number of amides is 1. The summed E-state index contributed by atoms with van der Waals surface area (Å²) in [5.74, 6) is 0.483. The highest BCUT2D eigenvalue weighted by Crippen LogP contribution is 2.29. The van der Waals surface area contributed by atoms with Gasteiger partial charge in [0.05, 0.1) is 12.1 Å². The molecule has 2 heterocycles. The number of nitrogens with zero attached hydrogens (tertiary/aromatic N) is 3. The van der Waals surface area contributed by atoms with E-state index in [9.17, 15) is 18.0 Å². The van der Waals surface area contributed by atoms with Crippen LogP contribution in [0.5, 0.6) is 0 Å². The molecular formula is C19H21F3N4O. The Bertz CT molecular complexity index is 742. The molecule has 0 bridgehead atoms. The fourth-order valence-corrected chi connectivity index (χ4v) is 2.93. The average molecular weight is 378 g/mol. The van der Waals surface area contributed by atoms with Crippen molar-refractivity contribution in [3.8, 4) is 0 Å². The SMILES string of the molecule is O=C(CN1CCN(c2ccc(C(F)(F)F)cn2)CC1)NCc1ccccc1. The van der Waals surface area contributed by atoms with Crippen LogP contribution in [0.2, 0.25) is 0 Å². The lowest BCUT2D eigenvalue weighted by atomic mass is 10.2. The molecule has 1 aliphatic rings. The zero-order chi connectivity index (χ0) is 19.3. The van der Waals surface area contributed by atoms with Crippen LogP contribution >= 0.6 is 0 Å². The van der Waals surface area contributed by atoms with E-state index in [2.05, 4.69) is 10.3 Å². The third-order valence-electron chi connectivity index (χ3n) is 4.47. The van der Waals surface area contributed by atoms with Crippen molar-refractivity contribution in [2.45, 2.75) is 12.7 Å². The van der Waals surface area contributed by atoms with Crippen LogP contribution in [0.25, 0.3) is 0 Å². The van der Waals surface area contributed by atoms with Crippen LogP contribution in [0.3, 0.4) is 0 Å². The summed E-state index contributed by atoms with van der Waals surface area (Å²) in [5.41, 5.74) is 0.295. The quantitative estimate of drug-likeness (QED) is 0.869. The lowest BCUT2D eigenvalue weighted by Crippen LogP contribution is -2.49. The standard InChI is InChI=1S/C19H21F3N4O/c20-19(21,22)16-6-7-17(23-13-16)26-10-8-25(9-11-26)14-18(27)24-12-15-4-2-1-3-5-15/h1-7,13H,8-12,14H2,(H,24,27). The summed E-state index contributed by atoms with van der Waals surface area (Å²) in [7, 11) is 0. The first-order valence-corrected chi connectivity index (χ1v) is 8.73. The van der Waals surface area contributed by atoms with Gasteiger partial charge >= 0.3 is 6.18 Å². The highest BCUT2D eigenvalue weighted by Gasteiger charge is 2.31. The number of pyridine rings is 1. The van der Waals surface area contributed by atoms with Crippen LogP contribution in [0.15, 0.2) is 48.7 Å². The van der Waals surface area contributed by atoms with Crippen LogP contribution in [0, 0.1) is 0 Å². The molecule has 1 aromatic carbocycles. The number of aromatic nitrogens is 1. The van der Waals surface area contributed by atoms with E-state index < -0.39 is 11.7 Å². The van der Waals surface area contributed by atoms with Crippen LogP contribution in [-0.2, 0) is 17.5 Å². The number of piperazine rings is 1. The summed E-state index contributed by atoms with van der Waals surface area (Å²) in [4.78, 5) is 20.0. The van der Waals surface area contributed by atoms with Crippen LogP contribution in [0.4, 0.5) is 19.0 Å². The van der Waals surface area contributed by atoms with Crippen LogP contribution < -0.4 is 10.2 Å². The molecule has 1 N–H and O–H groups in total. The van der Waals surface area contributed by atoms with Gasteiger partial charge in [-0.25, -0.2) is 4.98 Å². The maximum absolute atomic E-state index is 12.6. The number of hydrogen-bond donors (Lipinski definition) is 1. The van der Waals surface area contributed by atoms with Gasteiger partial charge in [-0.15, -0.1) is 0 Å². The van der Waals surface area contributed by atoms with Gasteiger partial charge in [0, 0.05) is 38.9 Å². The number of alkyl halides is 3. The highest BCUT2D eigenvalue weighted by molar-refractivity contribution is 5.78. The second-order valence-electron chi connectivity index (χ2n) is 6.43. The van der Waals surface area contributed by atoms with Crippen molar-refractivity contribution in [1.82, 2.24) is 15.2 Å². The molecule has 0 saturated carbocycles. The van der Waals surface area contributed by atoms with E-state index in [1.54, 1.807) is 0 Å². The van der Waals surface area contributed by atoms with Gasteiger partial charge in [-0.05, 0) is 17.7 Å². The lowest BCUT2D eigenvalue weighted by molar-refractivity contribution is -0.137. The molecule has 27 heavy (non-hydrogen) atoms. The predicted octanol–water partition coefficient (Wildman–Crippen LogP) is 2.54. The molecule has 0 spiro atoms. The fraction of sp³-hybridized carbons (Fsp3) is 0.368. The second-order valence-corrected chi connectivity index (χ2v) is 6.43. The molecule has 1 fully saturated rings. The Morgan fingerprint density at radius 1 is 1.04 bits per heavy atom. The summed E-state index contributed by atoms with van der Waals surface area (Å²) >= 11 is 0. The third-order valence-corrected chi connectivity index (χ3v) is 4.47. The molecule has 1 saturated heterocycles. The van der Waals surface area contributed by atoms with E-state index in [0.717, 1.165) is 17.8 Å². The molecule has 2 aromatic rings. The molecule has 144 valence electrons. The predicted molar refractivity (Wildman–Crippen MR) is 96.2 cm³/mol. The Kier molecular flexibility index (Phi) is 5.95. The minimum Gasteiger partial charge on any atom is -0.354 e. The number of hydrogen-bond acceptors (Lipinski definition) is 4. The van der Waals surface area contributed by atoms with Gasteiger partial charge in [-0.1, -0.05) is 30.3 Å². The van der Waals surface area contributed by atoms with Crippen molar-refractivity contribution in [3.05, 3.63) is 59.8 Å². The number of anilines is 1. The summed E-state index contributed by atoms with van der Waals surface area (Å²) < 4.78 is 37.8. The van der Waals surface area contributed by atoms with Gasteiger partial charge in [0.15, 0.2) is 0 Å². The van der Waals surface area contributed by atoms with E-state index in [1.807, 2.05) is 40.1 Å². The van der Waals surface area contributed by atoms with E-state index in [0.29, 0.717) is 45.1 Å². The highest BCUT2D eigenvalue weighted by atomic mass is 19.4. The lowest BCUT2D eigenvalue weighted by Gasteiger charge is -2.35. The van der Waals surface area contributed by atoms with Crippen LogP contribution in [0.1, 0.15) is 11.1 Å². The molecule has 8 heteroatoms. The normalized spacial score (nSPS) is 15.6. The topological polar surface area (TPSA) is 48.5 Å². The minimum absolute atomic E-state index is 0.0417. The van der Waals surface area contributed by atoms with E-state index >= 15 is 0 Å². The molecule has 1 amide bonds. The van der Waals surface area contributed by atoms with Crippen molar-refractivity contribution in [2.24, 2.45) is 0 Å². The van der Waals surface area contributed by atoms with Gasteiger partial charge < -0.3 is 10.2 Å². The monoisotopic (exact) mass is 378 g/mol. The van der Waals surface area contributed by atoms with Gasteiger partial charge in [-0.2, -0.15) is 13.2 Å². The molecule has 0 atom stereocenters. The van der Waals surface area contributed by atoms with Crippen molar-refractivity contribution in [1.29, 1.82) is 0 Å². The van der Waals surface area contributed by atoms with E-state index in [1.165, 1.54) is 6.07 Å². The summed E-state index contributed by atoms with van der Waals surface area (Å²) in [6.07, 6.45) is -3.52. The number of nitrogens with one attached hydrogen (secondary N) is 1. The first kappa shape index (κ1) is 19.2. The average Bonchev–Trinajstić information content (AvgIpc) is 2.67. The maximum Gasteiger partial charge on any atom is 0.417 e. The fourth-order valence-electron chi connectivity index (χ4n) is 2.93. The van der Waals surface area contributed by atoms with Crippen molar-refractivity contribution in [2.75, 3.05) is 37.6 Å². The molecule has 0 unspecified atom stereocenters. The minimum atomic E-state index is -4.38. The Balaban J connectivity index is 1.44. The zero-order valence-corrected chi connectivity index (χ0v) is 14.7. The zero-order valence-electron chi connectivity index (χ0n) is 14.7. The number of rotatable bonds is 5. The summed E-state index contributed by atoms with van der Waals surface area (Å²) in [6, 6.07) is 12.1. The molecule has 0 radical (unpaired) electrons. The van der Waals surface area contributed by atoms with E-state index in [4.69, 9.17) is 0 Å². The number of halogens is 3. The number of carbonyl (C=O) groups excluding carboxylic acids is 1. The Morgan fingerprint density at radius 2 is 1.74 bits per heavy atom. The Hall–Kier alpha value is -2.61. The number of benzene rings is 1. The third kappa shape index (κ3) is 5.43. The second kappa shape index (κ2) is 8.39. The van der Waals surface area contributed by atoms with Crippen molar-refractivity contribution >= 4 is 11.7 Å². The van der Waals surface area contributed by atoms with Gasteiger partial charge in [-0.3, -0.25) is 9.69 Å². The molecule has 3 rings (SSSR count). The van der Waals surface area contributed by atoms with Crippen molar-refractivity contribution < 1.29 is 18.0 Å². The summed E-state index contributed by atoms with van der Waals surface area (Å²) in [6.45, 7) is 3.34. The first-order valence-electron chi connectivity index (χ1n) is 8.73. The van der Waals surface area contributed by atoms with Gasteiger partial charge in [0.1, 0.15) is 5.82 Å². The molecule has 0 aliphatic carbocycles. The largest absolute Gasteiger partial charge is 0.417 e. The van der Waals surface area contributed by atoms with Gasteiger partial charge in [0.2, 0.25) is 5.91 Å². The Morgan fingerprint density at radius 3 is 2.33 bits per heavy atom. The smallest absolute Gasteiger partial charge is 0.354 e. The van der Waals surface area contributed by atoms with Crippen molar-refractivity contribution in [3.63, 3.8) is 0 Å². The molecular weight excluding hydrogens is 357 g/mol. The molecule has 5 nitrogen and oxygen atoms in total. The maximum atomic E-state index is 12.6. The van der Waals surface area contributed by atoms with Crippen LogP contribution in [-0.4, -0.2) is 48.5 Å². The van der Waals surface area contributed by atoms with Gasteiger partial charge in [0.25, 0.3) is 0 Å². The van der Waals surface area contributed by atoms with E-state index in [-0.39, 0.29) is 5.91 Å². The molecule has 1 aromatic heterocycles. The molecule has 1 aliphatic heterocycles. The summed E-state index contributed by atoms with van der Waals surface area (Å²) in [5, 5.41) is 2.90. The number of carbonyl (C=O) groups is 1.